The summed E-state index contributed by atoms with van der Waals surface area (Å²) in [6, 6.07) is 0. The van der Waals surface area contributed by atoms with Gasteiger partial charge in [-0.1, -0.05) is 0 Å². The van der Waals surface area contributed by atoms with Gasteiger partial charge in [0.1, 0.15) is 0 Å². The third-order valence-corrected chi connectivity index (χ3v) is 1.50. The zero-order chi connectivity index (χ0) is 10.5. The SMILES string of the molecule is CC(C)(O)O.CC(O)C1CCCO1. The summed E-state index contributed by atoms with van der Waals surface area (Å²) in [5.41, 5.74) is 0. The molecule has 3 N–H and O–H groups in total. The van der Waals surface area contributed by atoms with E-state index in [4.69, 9.17) is 20.1 Å². The van der Waals surface area contributed by atoms with E-state index in [2.05, 4.69) is 0 Å². The quantitative estimate of drug-likeness (QED) is 0.521. The minimum atomic E-state index is -1.50. The molecular weight excluding hydrogens is 172 g/mol. The molecule has 80 valence electrons. The molecule has 1 saturated heterocycles. The first-order chi connectivity index (χ1) is 5.80. The lowest BCUT2D eigenvalue weighted by Gasteiger charge is -2.10. The van der Waals surface area contributed by atoms with Gasteiger partial charge in [-0.2, -0.15) is 0 Å². The molecule has 0 aromatic heterocycles. The molecule has 0 aromatic rings. The highest BCUT2D eigenvalue weighted by Crippen LogP contribution is 2.14. The van der Waals surface area contributed by atoms with E-state index >= 15 is 0 Å². The molecule has 0 aliphatic carbocycles. The van der Waals surface area contributed by atoms with Crippen LogP contribution in [0.3, 0.4) is 0 Å². The van der Waals surface area contributed by atoms with E-state index in [1.54, 1.807) is 6.92 Å². The van der Waals surface area contributed by atoms with Gasteiger partial charge in [-0.3, -0.25) is 0 Å². The summed E-state index contributed by atoms with van der Waals surface area (Å²) in [7, 11) is 0. The van der Waals surface area contributed by atoms with Gasteiger partial charge in [-0.15, -0.1) is 0 Å². The van der Waals surface area contributed by atoms with Gasteiger partial charge >= 0.3 is 0 Å². The number of hydrogen-bond donors (Lipinski definition) is 3. The number of aliphatic hydroxyl groups is 3. The van der Waals surface area contributed by atoms with E-state index < -0.39 is 5.79 Å². The average Bonchev–Trinajstić information content (AvgIpc) is 2.31. The van der Waals surface area contributed by atoms with Crippen molar-refractivity contribution >= 4 is 0 Å². The molecule has 0 spiro atoms. The topological polar surface area (TPSA) is 69.9 Å². The van der Waals surface area contributed by atoms with Crippen LogP contribution in [0.1, 0.15) is 33.6 Å². The van der Waals surface area contributed by atoms with Crippen LogP contribution in [0.2, 0.25) is 0 Å². The van der Waals surface area contributed by atoms with Gasteiger partial charge < -0.3 is 20.1 Å². The highest BCUT2D eigenvalue weighted by Gasteiger charge is 2.19. The molecule has 1 aliphatic heterocycles. The van der Waals surface area contributed by atoms with E-state index in [1.807, 2.05) is 0 Å². The monoisotopic (exact) mass is 192 g/mol. The Kier molecular flexibility index (Phi) is 5.48. The molecule has 1 heterocycles. The van der Waals surface area contributed by atoms with Crippen LogP contribution in [0.4, 0.5) is 0 Å². The molecule has 1 aliphatic rings. The van der Waals surface area contributed by atoms with Gasteiger partial charge in [0, 0.05) is 6.61 Å². The molecule has 13 heavy (non-hydrogen) atoms. The van der Waals surface area contributed by atoms with Crippen LogP contribution in [0.25, 0.3) is 0 Å². The van der Waals surface area contributed by atoms with Gasteiger partial charge in [0.2, 0.25) is 0 Å². The van der Waals surface area contributed by atoms with E-state index in [0.29, 0.717) is 0 Å². The van der Waals surface area contributed by atoms with Crippen LogP contribution in [-0.2, 0) is 4.74 Å². The fraction of sp³-hybridized carbons (Fsp3) is 1.00. The second kappa shape index (κ2) is 5.54. The predicted octanol–water partition coefficient (Wildman–Crippen LogP) is 0.253. The minimum Gasteiger partial charge on any atom is -0.391 e. The van der Waals surface area contributed by atoms with Crippen LogP contribution >= 0.6 is 0 Å². The highest BCUT2D eigenvalue weighted by atomic mass is 16.5. The summed E-state index contributed by atoms with van der Waals surface area (Å²) in [4.78, 5) is 0. The zero-order valence-corrected chi connectivity index (χ0v) is 8.53. The molecule has 0 bridgehead atoms. The third-order valence-electron chi connectivity index (χ3n) is 1.50. The van der Waals surface area contributed by atoms with Crippen molar-refractivity contribution in [3.63, 3.8) is 0 Å². The normalized spacial score (nSPS) is 24.9. The molecule has 4 nitrogen and oxygen atoms in total. The molecule has 2 unspecified atom stereocenters. The van der Waals surface area contributed by atoms with Crippen LogP contribution in [-0.4, -0.2) is 39.9 Å². The van der Waals surface area contributed by atoms with Crippen molar-refractivity contribution in [3.8, 4) is 0 Å². The summed E-state index contributed by atoms with van der Waals surface area (Å²) < 4.78 is 5.16. The van der Waals surface area contributed by atoms with E-state index in [0.717, 1.165) is 19.4 Å². The Bertz CT molecular complexity index is 116. The van der Waals surface area contributed by atoms with Crippen LogP contribution in [0, 0.1) is 0 Å². The van der Waals surface area contributed by atoms with Crippen molar-refractivity contribution in [3.05, 3.63) is 0 Å². The molecule has 0 saturated carbocycles. The van der Waals surface area contributed by atoms with Crippen molar-refractivity contribution in [1.29, 1.82) is 0 Å². The zero-order valence-electron chi connectivity index (χ0n) is 8.53. The van der Waals surface area contributed by atoms with Gasteiger partial charge in [-0.05, 0) is 33.6 Å². The summed E-state index contributed by atoms with van der Waals surface area (Å²) >= 11 is 0. The van der Waals surface area contributed by atoms with Crippen molar-refractivity contribution in [1.82, 2.24) is 0 Å². The van der Waals surface area contributed by atoms with E-state index in [-0.39, 0.29) is 12.2 Å². The summed E-state index contributed by atoms with van der Waals surface area (Å²) in [5, 5.41) is 25.1. The van der Waals surface area contributed by atoms with Crippen molar-refractivity contribution < 1.29 is 20.1 Å². The van der Waals surface area contributed by atoms with Gasteiger partial charge in [0.25, 0.3) is 0 Å². The summed E-state index contributed by atoms with van der Waals surface area (Å²) in [6.07, 6.45) is 1.97. The Hall–Kier alpha value is -0.160. The minimum absolute atomic E-state index is 0.120. The fourth-order valence-electron chi connectivity index (χ4n) is 0.983. The van der Waals surface area contributed by atoms with E-state index in [1.165, 1.54) is 13.8 Å². The average molecular weight is 192 g/mol. The van der Waals surface area contributed by atoms with Gasteiger partial charge in [-0.25, -0.2) is 0 Å². The smallest absolute Gasteiger partial charge is 0.156 e. The largest absolute Gasteiger partial charge is 0.391 e. The fourth-order valence-corrected chi connectivity index (χ4v) is 0.983. The Morgan fingerprint density at radius 3 is 2.00 bits per heavy atom. The first-order valence-corrected chi connectivity index (χ1v) is 4.55. The number of hydrogen-bond acceptors (Lipinski definition) is 4. The van der Waals surface area contributed by atoms with Gasteiger partial charge in [0.15, 0.2) is 5.79 Å². The molecular formula is C9H20O4. The predicted molar refractivity (Wildman–Crippen MR) is 49.2 cm³/mol. The summed E-state index contributed by atoms with van der Waals surface area (Å²) in [6.45, 7) is 5.20. The lowest BCUT2D eigenvalue weighted by Crippen LogP contribution is -2.20. The van der Waals surface area contributed by atoms with Crippen LogP contribution < -0.4 is 0 Å². The molecule has 0 amide bonds. The number of rotatable bonds is 1. The standard InChI is InChI=1S/C6H12O2.C3H8O2/c1-5(7)6-3-2-4-8-6;1-3(2,4)5/h5-7H,2-4H2,1H3;4-5H,1-2H3. The Morgan fingerprint density at radius 2 is 1.85 bits per heavy atom. The molecule has 1 rings (SSSR count). The highest BCUT2D eigenvalue weighted by molar-refractivity contribution is 4.68. The van der Waals surface area contributed by atoms with Crippen molar-refractivity contribution in [2.45, 2.75) is 51.6 Å². The van der Waals surface area contributed by atoms with Crippen LogP contribution in [0.15, 0.2) is 0 Å². The molecule has 4 heteroatoms. The van der Waals surface area contributed by atoms with E-state index in [9.17, 15) is 0 Å². The number of aliphatic hydroxyl groups excluding tert-OH is 1. The molecule has 0 aromatic carbocycles. The lowest BCUT2D eigenvalue weighted by molar-refractivity contribution is -0.127. The first-order valence-electron chi connectivity index (χ1n) is 4.55. The Morgan fingerprint density at radius 1 is 1.38 bits per heavy atom. The maximum atomic E-state index is 8.93. The second-order valence-corrected chi connectivity index (χ2v) is 3.79. The van der Waals surface area contributed by atoms with Gasteiger partial charge in [0.05, 0.1) is 12.2 Å². The van der Waals surface area contributed by atoms with Crippen LogP contribution in [0.5, 0.6) is 0 Å². The maximum Gasteiger partial charge on any atom is 0.156 e. The Balaban J connectivity index is 0.000000252. The Labute approximate surface area is 79.2 Å². The lowest BCUT2D eigenvalue weighted by atomic mass is 10.2. The number of ether oxygens (including phenoxy) is 1. The third kappa shape index (κ3) is 9.76. The summed E-state index contributed by atoms with van der Waals surface area (Å²) in [5.74, 6) is -1.50. The second-order valence-electron chi connectivity index (χ2n) is 3.79. The first kappa shape index (κ1) is 12.8. The van der Waals surface area contributed by atoms with Crippen molar-refractivity contribution in [2.75, 3.05) is 6.61 Å². The molecule has 1 fully saturated rings. The van der Waals surface area contributed by atoms with Crippen molar-refractivity contribution in [2.24, 2.45) is 0 Å². The maximum absolute atomic E-state index is 8.93. The molecule has 0 radical (unpaired) electrons. The molecule has 2 atom stereocenters.